The van der Waals surface area contributed by atoms with Gasteiger partial charge in [0.25, 0.3) is 16.8 Å². The number of imide groups is 1. The van der Waals surface area contributed by atoms with Gasteiger partial charge in [0.05, 0.1) is 22.1 Å². The largest absolute Gasteiger partial charge is 0.317 e. The molecule has 9 heteroatoms. The SMILES string of the molecule is O=C1S/C(=C/c2cccn2-c2cccc([N+](=O)[O-])c2)C(=O)N1Cc1ccc(Cl)cc1. The Balaban J connectivity index is 1.60. The molecule has 0 bridgehead atoms. The van der Waals surface area contributed by atoms with Gasteiger partial charge >= 0.3 is 0 Å². The number of carbonyl (C=O) groups excluding carboxylic acids is 2. The zero-order valence-electron chi connectivity index (χ0n) is 15.4. The Hall–Kier alpha value is -3.36. The van der Waals surface area contributed by atoms with Crippen LogP contribution in [0.25, 0.3) is 11.8 Å². The summed E-state index contributed by atoms with van der Waals surface area (Å²) in [5.41, 5.74) is 1.98. The minimum Gasteiger partial charge on any atom is -0.317 e. The van der Waals surface area contributed by atoms with Crippen molar-refractivity contribution in [3.05, 3.63) is 98.2 Å². The number of amides is 2. The van der Waals surface area contributed by atoms with Crippen molar-refractivity contribution in [2.24, 2.45) is 0 Å². The average molecular weight is 440 g/mol. The molecule has 1 aliphatic heterocycles. The van der Waals surface area contributed by atoms with Crippen molar-refractivity contribution in [1.29, 1.82) is 0 Å². The molecule has 7 nitrogen and oxygen atoms in total. The highest BCUT2D eigenvalue weighted by atomic mass is 35.5. The van der Waals surface area contributed by atoms with Crippen molar-refractivity contribution in [1.82, 2.24) is 9.47 Å². The first-order valence-corrected chi connectivity index (χ1v) is 10.0. The van der Waals surface area contributed by atoms with Gasteiger partial charge in [-0.1, -0.05) is 29.8 Å². The van der Waals surface area contributed by atoms with Gasteiger partial charge in [-0.3, -0.25) is 24.6 Å². The van der Waals surface area contributed by atoms with Gasteiger partial charge in [0, 0.05) is 29.0 Å². The number of hydrogen-bond acceptors (Lipinski definition) is 5. The Labute approximate surface area is 180 Å². The predicted octanol–water partition coefficient (Wildman–Crippen LogP) is 5.28. The van der Waals surface area contributed by atoms with Gasteiger partial charge < -0.3 is 4.57 Å². The monoisotopic (exact) mass is 439 g/mol. The summed E-state index contributed by atoms with van der Waals surface area (Å²) in [5, 5.41) is 11.3. The second kappa shape index (κ2) is 8.17. The molecule has 0 atom stereocenters. The molecule has 0 radical (unpaired) electrons. The third-order valence-corrected chi connectivity index (χ3v) is 5.66. The smallest absolute Gasteiger partial charge is 0.293 e. The van der Waals surface area contributed by atoms with Crippen LogP contribution in [0.5, 0.6) is 0 Å². The van der Waals surface area contributed by atoms with E-state index in [2.05, 4.69) is 0 Å². The van der Waals surface area contributed by atoms with Crippen molar-refractivity contribution in [2.45, 2.75) is 6.54 Å². The number of nitro groups is 1. The Bertz CT molecular complexity index is 1190. The molecule has 1 aliphatic rings. The van der Waals surface area contributed by atoms with Crippen LogP contribution in [0.2, 0.25) is 5.02 Å². The normalized spacial score (nSPS) is 15.2. The van der Waals surface area contributed by atoms with E-state index in [1.54, 1.807) is 65.4 Å². The molecule has 1 saturated heterocycles. The van der Waals surface area contributed by atoms with E-state index in [0.29, 0.717) is 21.3 Å². The summed E-state index contributed by atoms with van der Waals surface area (Å²) in [6.45, 7) is 0.158. The molecule has 4 rings (SSSR count). The van der Waals surface area contributed by atoms with Crippen LogP contribution in [0.1, 0.15) is 11.3 Å². The third-order valence-electron chi connectivity index (χ3n) is 4.51. The first-order valence-electron chi connectivity index (χ1n) is 8.84. The van der Waals surface area contributed by atoms with Crippen LogP contribution in [-0.4, -0.2) is 25.5 Å². The first kappa shape index (κ1) is 19.9. The molecular formula is C21H14ClN3O4S. The summed E-state index contributed by atoms with van der Waals surface area (Å²) in [6, 6.07) is 16.7. The van der Waals surface area contributed by atoms with Crippen molar-refractivity contribution >= 4 is 46.3 Å². The highest BCUT2D eigenvalue weighted by molar-refractivity contribution is 8.18. The fraction of sp³-hybridized carbons (Fsp3) is 0.0476. The molecule has 0 unspecified atom stereocenters. The van der Waals surface area contributed by atoms with Gasteiger partial charge in [0.2, 0.25) is 0 Å². The highest BCUT2D eigenvalue weighted by Crippen LogP contribution is 2.34. The zero-order valence-corrected chi connectivity index (χ0v) is 17.0. The van der Waals surface area contributed by atoms with Crippen LogP contribution in [0.4, 0.5) is 10.5 Å². The molecule has 2 aromatic carbocycles. The number of carbonyl (C=O) groups is 2. The lowest BCUT2D eigenvalue weighted by Gasteiger charge is -2.12. The third kappa shape index (κ3) is 4.00. The van der Waals surface area contributed by atoms with E-state index in [0.717, 1.165) is 17.3 Å². The first-order chi connectivity index (χ1) is 14.4. The van der Waals surface area contributed by atoms with Crippen LogP contribution < -0.4 is 0 Å². The van der Waals surface area contributed by atoms with E-state index in [9.17, 15) is 19.7 Å². The molecule has 1 aromatic heterocycles. The number of aromatic nitrogens is 1. The quantitative estimate of drug-likeness (QED) is 0.307. The number of thioether (sulfide) groups is 1. The van der Waals surface area contributed by atoms with E-state index < -0.39 is 4.92 Å². The Morgan fingerprint density at radius 2 is 1.83 bits per heavy atom. The van der Waals surface area contributed by atoms with E-state index in [1.165, 1.54) is 17.0 Å². The van der Waals surface area contributed by atoms with Crippen molar-refractivity contribution in [3.63, 3.8) is 0 Å². The molecule has 1 fully saturated rings. The maximum Gasteiger partial charge on any atom is 0.293 e. The maximum atomic E-state index is 12.8. The fourth-order valence-corrected chi connectivity index (χ4v) is 4.00. The summed E-state index contributed by atoms with van der Waals surface area (Å²) in [6.07, 6.45) is 3.36. The Morgan fingerprint density at radius 1 is 1.07 bits per heavy atom. The van der Waals surface area contributed by atoms with E-state index >= 15 is 0 Å². The summed E-state index contributed by atoms with van der Waals surface area (Å²) < 4.78 is 1.72. The van der Waals surface area contributed by atoms with Crippen LogP contribution in [0.15, 0.2) is 71.8 Å². The number of benzene rings is 2. The molecular weight excluding hydrogens is 426 g/mol. The van der Waals surface area contributed by atoms with Crippen LogP contribution in [-0.2, 0) is 11.3 Å². The van der Waals surface area contributed by atoms with Crippen molar-refractivity contribution < 1.29 is 14.5 Å². The lowest BCUT2D eigenvalue weighted by molar-refractivity contribution is -0.384. The molecule has 3 aromatic rings. The second-order valence-corrected chi connectivity index (χ2v) is 7.90. The zero-order chi connectivity index (χ0) is 21.3. The van der Waals surface area contributed by atoms with E-state index in [4.69, 9.17) is 11.6 Å². The predicted molar refractivity (Wildman–Crippen MR) is 115 cm³/mol. The minimum atomic E-state index is -0.463. The molecule has 0 N–H and O–H groups in total. The number of rotatable bonds is 5. The van der Waals surface area contributed by atoms with Gasteiger partial charge in [-0.2, -0.15) is 0 Å². The second-order valence-electron chi connectivity index (χ2n) is 6.47. The Morgan fingerprint density at radius 3 is 2.57 bits per heavy atom. The van der Waals surface area contributed by atoms with Gasteiger partial charge in [-0.25, -0.2) is 0 Å². The van der Waals surface area contributed by atoms with Gasteiger partial charge in [0.15, 0.2) is 0 Å². The van der Waals surface area contributed by atoms with Gasteiger partial charge in [0.1, 0.15) is 0 Å². The highest BCUT2D eigenvalue weighted by Gasteiger charge is 2.35. The van der Waals surface area contributed by atoms with Crippen molar-refractivity contribution in [2.75, 3.05) is 0 Å². The van der Waals surface area contributed by atoms with Crippen molar-refractivity contribution in [3.8, 4) is 5.69 Å². The molecule has 2 amide bonds. The topological polar surface area (TPSA) is 85.5 Å². The van der Waals surface area contributed by atoms with E-state index in [-0.39, 0.29) is 23.4 Å². The summed E-state index contributed by atoms with van der Waals surface area (Å²) in [7, 11) is 0. The maximum absolute atomic E-state index is 12.8. The summed E-state index contributed by atoms with van der Waals surface area (Å²) in [5.74, 6) is -0.383. The van der Waals surface area contributed by atoms with Crippen LogP contribution in [0, 0.1) is 10.1 Å². The average Bonchev–Trinajstić information content (AvgIpc) is 3.30. The number of halogens is 1. The fourth-order valence-electron chi connectivity index (χ4n) is 3.05. The van der Waals surface area contributed by atoms with Crippen LogP contribution in [0.3, 0.4) is 0 Å². The Kier molecular flexibility index (Phi) is 5.43. The molecule has 2 heterocycles. The molecule has 0 aliphatic carbocycles. The number of nitrogens with zero attached hydrogens (tertiary/aromatic N) is 3. The number of non-ortho nitro benzene ring substituents is 1. The molecule has 0 saturated carbocycles. The van der Waals surface area contributed by atoms with Gasteiger partial charge in [-0.15, -0.1) is 0 Å². The number of hydrogen-bond donors (Lipinski definition) is 0. The lowest BCUT2D eigenvalue weighted by Crippen LogP contribution is -2.27. The van der Waals surface area contributed by atoms with E-state index in [1.807, 2.05) is 0 Å². The minimum absolute atomic E-state index is 0.0320. The standard InChI is InChI=1S/C21H14ClN3O4S/c22-15-8-6-14(7-9-15)13-24-20(26)19(30-21(24)27)12-17-5-2-10-23(17)16-3-1-4-18(11-16)25(28)29/h1-12H,13H2/b19-12+. The van der Waals surface area contributed by atoms with Gasteiger partial charge in [-0.05, 0) is 53.7 Å². The molecule has 150 valence electrons. The lowest BCUT2D eigenvalue weighted by atomic mass is 10.2. The summed E-state index contributed by atoms with van der Waals surface area (Å²) in [4.78, 5) is 37.2. The number of nitro benzene ring substituents is 1. The summed E-state index contributed by atoms with van der Waals surface area (Å²) >= 11 is 6.75. The molecule has 0 spiro atoms. The molecule has 30 heavy (non-hydrogen) atoms. The van der Waals surface area contributed by atoms with Crippen LogP contribution >= 0.6 is 23.4 Å².